The molecule has 3 aromatic carbocycles. The number of methoxy groups -OCH3 is 6. The number of carbonyl (C=O) groups excluding carboxylic acids is 9. The summed E-state index contributed by atoms with van der Waals surface area (Å²) in [5.74, 6) is -1.91. The maximum Gasteiger partial charge on any atom is 0.322 e. The minimum Gasteiger partial charge on any atom is -0.508 e. The van der Waals surface area contributed by atoms with Gasteiger partial charge in [0.25, 0.3) is 0 Å². The molecule has 0 amide bonds. The molecule has 3 fully saturated rings. The Morgan fingerprint density at radius 1 is 0.402 bits per heavy atom. The van der Waals surface area contributed by atoms with Crippen LogP contribution in [0.2, 0.25) is 0 Å². The molecule has 3 heterocycles. The van der Waals surface area contributed by atoms with Crippen molar-refractivity contribution < 1.29 is 86.9 Å². The molecule has 27 nitrogen and oxygen atoms in total. The van der Waals surface area contributed by atoms with Crippen molar-refractivity contribution in [3.63, 3.8) is 0 Å². The highest BCUT2D eigenvalue weighted by Gasteiger charge is 2.46. The zero-order valence-electron chi connectivity index (χ0n) is 55.8. The average molecular weight is 1290 g/mol. The van der Waals surface area contributed by atoms with Crippen LogP contribution in [-0.4, -0.2) is 275 Å². The number of carbonyl (C=O) groups is 9. The highest BCUT2D eigenvalue weighted by Crippen LogP contribution is 2.33. The Morgan fingerprint density at radius 3 is 0.913 bits per heavy atom. The van der Waals surface area contributed by atoms with Crippen molar-refractivity contribution in [2.75, 3.05) is 147 Å². The number of hydrogen-bond donors (Lipinski definition) is 6. The van der Waals surface area contributed by atoms with Crippen molar-refractivity contribution in [1.29, 1.82) is 0 Å². The first-order valence-corrected chi connectivity index (χ1v) is 30.5. The van der Waals surface area contributed by atoms with Crippen molar-refractivity contribution in [3.05, 3.63) is 89.5 Å². The van der Waals surface area contributed by atoms with Gasteiger partial charge in [-0.3, -0.25) is 88.5 Å². The second-order valence-electron chi connectivity index (χ2n) is 23.7. The summed E-state index contributed by atoms with van der Waals surface area (Å²) in [5.41, 5.74) is 0.133. The highest BCUT2D eigenvalue weighted by molar-refractivity contribution is 5.81. The van der Waals surface area contributed by atoms with E-state index < -0.39 is 46.8 Å². The van der Waals surface area contributed by atoms with Crippen LogP contribution in [0.5, 0.6) is 17.2 Å². The fraction of sp³-hybridized carbons (Fsp3) is 0.585. The zero-order valence-corrected chi connectivity index (χ0v) is 55.8. The summed E-state index contributed by atoms with van der Waals surface area (Å²) in [6, 6.07) is 17.6. The van der Waals surface area contributed by atoms with Crippen LogP contribution < -0.4 is 16.0 Å². The Labute approximate surface area is 539 Å². The van der Waals surface area contributed by atoms with Crippen molar-refractivity contribution in [2.24, 2.45) is 0 Å². The van der Waals surface area contributed by atoms with Crippen LogP contribution >= 0.6 is 0 Å². The Kier molecular flexibility index (Phi) is 30.2. The molecule has 510 valence electrons. The maximum atomic E-state index is 12.4. The number of nitrogens with zero attached hydrogens (tertiary/aromatic N) is 6. The van der Waals surface area contributed by atoms with Gasteiger partial charge < -0.3 is 43.7 Å². The van der Waals surface area contributed by atoms with Gasteiger partial charge in [0.1, 0.15) is 58.8 Å². The predicted octanol–water partition coefficient (Wildman–Crippen LogP) is 1.13. The summed E-state index contributed by atoms with van der Waals surface area (Å²) in [5, 5.41) is 39.5. The standard InChI is InChI=1S/C23H35N3O6.C22H33N3O6.C20H29N3O6/c1-15(18(4)27)24-23(19-7-9-20(28)10-8-19)13-25(16(2)21(29)31-5)11-12-26(14-23)17(3)22(30)32-6;1-15(26)12-23-22(18-6-8-19(27)9-7-18)13-24(16(2)20(28)30-4)10-11-25(14-22)17(3)21(29)31-5;1-15(24)10-21-20(16-4-6-17(25)7-5-16)13-22(11-18(26)28-2)8-9-23(14-20)12-19(27)29-3/h7-10,15-17,24,28H,11-14H2,1-6H3;6-9,16-17,23,27H,10-14H2,1-5H3;4-7,21,25H,8-14H2,1-3H3/t15-,16-,17+,23?;16-,17+,22?;/m1../s1. The van der Waals surface area contributed by atoms with Crippen molar-refractivity contribution in [1.82, 2.24) is 45.3 Å². The minimum atomic E-state index is -0.820. The Balaban J connectivity index is 0.000000295. The molecule has 2 unspecified atom stereocenters. The number of benzene rings is 3. The largest absolute Gasteiger partial charge is 0.508 e. The van der Waals surface area contributed by atoms with Crippen LogP contribution in [0.25, 0.3) is 0 Å². The molecule has 3 aliphatic heterocycles. The summed E-state index contributed by atoms with van der Waals surface area (Å²) in [6.07, 6.45) is 0. The van der Waals surface area contributed by atoms with Gasteiger partial charge in [-0.1, -0.05) is 36.4 Å². The normalized spacial score (nSPS) is 20.9. The molecule has 7 atom stereocenters. The van der Waals surface area contributed by atoms with E-state index in [0.29, 0.717) is 78.5 Å². The van der Waals surface area contributed by atoms with Gasteiger partial charge in [0.05, 0.1) is 91.5 Å². The third-order valence-corrected chi connectivity index (χ3v) is 17.2. The number of esters is 6. The predicted molar refractivity (Wildman–Crippen MR) is 339 cm³/mol. The van der Waals surface area contributed by atoms with Crippen molar-refractivity contribution in [2.45, 2.75) is 102 Å². The lowest BCUT2D eigenvalue weighted by Gasteiger charge is -2.42. The van der Waals surface area contributed by atoms with Gasteiger partial charge in [-0.25, -0.2) is 0 Å². The number of phenolic OH excluding ortho intramolecular Hbond substituents is 3. The van der Waals surface area contributed by atoms with E-state index in [1.54, 1.807) is 107 Å². The number of phenols is 3. The monoisotopic (exact) mass is 1290 g/mol. The lowest BCUT2D eigenvalue weighted by atomic mass is 9.86. The van der Waals surface area contributed by atoms with Crippen LogP contribution in [0.4, 0.5) is 0 Å². The number of aromatic hydroxyl groups is 3. The van der Waals surface area contributed by atoms with Crippen LogP contribution in [0.3, 0.4) is 0 Å². The molecule has 0 radical (unpaired) electrons. The van der Waals surface area contributed by atoms with Gasteiger partial charge in [-0.05, 0) is 108 Å². The zero-order chi connectivity index (χ0) is 68.7. The molecule has 0 spiro atoms. The third-order valence-electron chi connectivity index (χ3n) is 17.2. The van der Waals surface area contributed by atoms with Crippen molar-refractivity contribution in [3.8, 4) is 17.2 Å². The summed E-state index contributed by atoms with van der Waals surface area (Å²) >= 11 is 0. The molecule has 0 saturated carbocycles. The lowest BCUT2D eigenvalue weighted by Crippen LogP contribution is -2.60. The molecule has 0 aliphatic carbocycles. The fourth-order valence-corrected chi connectivity index (χ4v) is 11.5. The van der Waals surface area contributed by atoms with Gasteiger partial charge in [-0.15, -0.1) is 0 Å². The number of nitrogens with one attached hydrogen (secondary N) is 3. The molecule has 0 aromatic heterocycles. The molecule has 27 heteroatoms. The van der Waals surface area contributed by atoms with Gasteiger partial charge in [-0.2, -0.15) is 0 Å². The second-order valence-corrected chi connectivity index (χ2v) is 23.7. The first-order chi connectivity index (χ1) is 43.4. The summed E-state index contributed by atoms with van der Waals surface area (Å²) in [4.78, 5) is 121. The van der Waals surface area contributed by atoms with Gasteiger partial charge >= 0.3 is 35.8 Å². The number of hydrogen-bond acceptors (Lipinski definition) is 27. The van der Waals surface area contributed by atoms with Gasteiger partial charge in [0.15, 0.2) is 0 Å². The number of ether oxygens (including phenoxy) is 6. The summed E-state index contributed by atoms with van der Waals surface area (Å²) < 4.78 is 29.5. The summed E-state index contributed by atoms with van der Waals surface area (Å²) in [7, 11) is 8.08. The molecule has 6 rings (SSSR count). The topological polar surface area (TPSA) is 325 Å². The first kappa shape index (κ1) is 77.0. The Bertz CT molecular complexity index is 2840. The number of Topliss-reactive ketones (excluding diaryl/α,β-unsaturated/α-hetero) is 3. The quantitative estimate of drug-likeness (QED) is 0.0541. The molecule has 6 N–H and O–H groups in total. The van der Waals surface area contributed by atoms with E-state index in [1.807, 2.05) is 29.4 Å². The SMILES string of the molecule is COC(=O)CN1CCN(CC(=O)OC)CC(NCC(C)=O)(c2ccc(O)cc2)C1.COC(=O)[C@@H](C)N1CCN([C@@H](C)C(=O)OC)CC(NCC(C)=O)(c2ccc(O)cc2)C1.COC(=O)[C@@H](C)N1CCN([C@@H](C)C(=O)OC)CC(N[C@H](C)C(C)=O)(c2ccc(O)cc2)C1. The Hall–Kier alpha value is -7.47. The van der Waals surface area contributed by atoms with Crippen LogP contribution in [0, 0.1) is 0 Å². The number of ketones is 3. The van der Waals surface area contributed by atoms with E-state index >= 15 is 0 Å². The molecular formula is C65H97N9O18. The molecule has 3 aliphatic rings. The first-order valence-electron chi connectivity index (χ1n) is 30.5. The average Bonchev–Trinajstić information content (AvgIpc) is 1.44. The van der Waals surface area contributed by atoms with E-state index in [4.69, 9.17) is 28.4 Å². The molecule has 3 aromatic rings. The van der Waals surface area contributed by atoms with E-state index in [1.165, 1.54) is 63.4 Å². The summed E-state index contributed by atoms with van der Waals surface area (Å²) in [6.45, 7) is 19.3. The van der Waals surface area contributed by atoms with E-state index in [2.05, 4.69) is 16.0 Å². The maximum absolute atomic E-state index is 12.4. The van der Waals surface area contributed by atoms with E-state index in [0.717, 1.165) is 16.7 Å². The van der Waals surface area contributed by atoms with Crippen LogP contribution in [-0.2, 0) is 88.2 Å². The minimum absolute atomic E-state index is 0.0347. The van der Waals surface area contributed by atoms with Gasteiger partial charge in [0.2, 0.25) is 0 Å². The molecule has 0 bridgehead atoms. The molecule has 92 heavy (non-hydrogen) atoms. The smallest absolute Gasteiger partial charge is 0.322 e. The van der Waals surface area contributed by atoms with E-state index in [9.17, 15) is 58.5 Å². The second kappa shape index (κ2) is 36.1. The van der Waals surface area contributed by atoms with Crippen LogP contribution in [0.15, 0.2) is 72.8 Å². The Morgan fingerprint density at radius 2 is 0.663 bits per heavy atom. The number of rotatable bonds is 24. The molecule has 3 saturated heterocycles. The van der Waals surface area contributed by atoms with Crippen molar-refractivity contribution >= 4 is 53.2 Å². The lowest BCUT2D eigenvalue weighted by molar-refractivity contribution is -0.147. The highest BCUT2D eigenvalue weighted by atomic mass is 16.5. The van der Waals surface area contributed by atoms with Gasteiger partial charge in [0, 0.05) is 78.5 Å². The van der Waals surface area contributed by atoms with Crippen LogP contribution in [0.1, 0.15) is 72.1 Å². The third kappa shape index (κ3) is 21.8. The molecular weight excluding hydrogens is 1190 g/mol. The fourth-order valence-electron chi connectivity index (χ4n) is 11.5. The van der Waals surface area contributed by atoms with E-state index in [-0.39, 0.29) is 96.6 Å².